The summed E-state index contributed by atoms with van der Waals surface area (Å²) in [5, 5.41) is 10.8. The van der Waals surface area contributed by atoms with Crippen LogP contribution < -0.4 is 0 Å². The van der Waals surface area contributed by atoms with E-state index in [0.29, 0.717) is 18.0 Å². The van der Waals surface area contributed by atoms with Crippen LogP contribution in [0.4, 0.5) is 5.69 Å². The Hall–Kier alpha value is -2.58. The molecule has 0 N–H and O–H groups in total. The zero-order chi connectivity index (χ0) is 19.4. The second kappa shape index (κ2) is 7.98. The van der Waals surface area contributed by atoms with E-state index in [1.807, 2.05) is 19.1 Å². The fourth-order valence-electron chi connectivity index (χ4n) is 2.98. The highest BCUT2D eigenvalue weighted by Gasteiger charge is 2.26. The van der Waals surface area contributed by atoms with Crippen LogP contribution in [0.15, 0.2) is 57.8 Å². The number of amides is 1. The van der Waals surface area contributed by atoms with E-state index >= 15 is 0 Å². The average Bonchev–Trinajstić information content (AvgIpc) is 2.69. The summed E-state index contributed by atoms with van der Waals surface area (Å²) in [6, 6.07) is 12.4. The molecule has 27 heavy (non-hydrogen) atoms. The number of nitro groups is 1. The molecule has 142 valence electrons. The van der Waals surface area contributed by atoms with Crippen molar-refractivity contribution in [1.82, 2.24) is 4.31 Å². The van der Waals surface area contributed by atoms with Crippen molar-refractivity contribution in [1.29, 1.82) is 0 Å². The first kappa shape index (κ1) is 19.2. The van der Waals surface area contributed by atoms with E-state index in [-0.39, 0.29) is 11.3 Å². The molecule has 1 fully saturated rings. The van der Waals surface area contributed by atoms with Gasteiger partial charge < -0.3 is 0 Å². The van der Waals surface area contributed by atoms with Crippen molar-refractivity contribution in [2.24, 2.45) is 4.36 Å². The van der Waals surface area contributed by atoms with Gasteiger partial charge in [-0.25, -0.2) is 8.51 Å². The topological polar surface area (TPSA) is 92.9 Å². The minimum atomic E-state index is -3.09. The van der Waals surface area contributed by atoms with E-state index < -0.39 is 20.7 Å². The van der Waals surface area contributed by atoms with Crippen LogP contribution >= 0.6 is 0 Å². The molecular formula is C19H21N3O4S. The van der Waals surface area contributed by atoms with Crippen molar-refractivity contribution < 1.29 is 13.9 Å². The van der Waals surface area contributed by atoms with Gasteiger partial charge in [-0.05, 0) is 44.0 Å². The molecule has 1 aliphatic rings. The number of non-ortho nitro benzene ring substituents is 1. The zero-order valence-corrected chi connectivity index (χ0v) is 15.9. The molecule has 2 aromatic carbocycles. The van der Waals surface area contributed by atoms with Crippen LogP contribution in [0.25, 0.3) is 0 Å². The standard InChI is InChI=1S/C19H21N3O4S/c1-15-5-11-18(12-6-15)27(26,21-13-3-2-4-14-21)20-19(23)16-7-9-17(10-8-16)22(24)25/h5-12H,2-4,13-14H2,1H3. The minimum Gasteiger partial charge on any atom is -0.266 e. The van der Waals surface area contributed by atoms with Gasteiger partial charge in [-0.1, -0.05) is 24.1 Å². The molecular weight excluding hydrogens is 366 g/mol. The molecule has 2 aromatic rings. The molecule has 0 radical (unpaired) electrons. The number of rotatable bonds is 4. The number of carbonyl (C=O) groups excluding carboxylic acids is 1. The molecule has 1 atom stereocenters. The predicted molar refractivity (Wildman–Crippen MR) is 103 cm³/mol. The number of piperidine rings is 1. The first-order chi connectivity index (χ1) is 12.9. The molecule has 1 aliphatic heterocycles. The molecule has 3 rings (SSSR count). The lowest BCUT2D eigenvalue weighted by molar-refractivity contribution is -0.384. The smallest absolute Gasteiger partial charge is 0.266 e. The van der Waals surface area contributed by atoms with Crippen LogP contribution in [0.5, 0.6) is 0 Å². The molecule has 1 saturated heterocycles. The van der Waals surface area contributed by atoms with Crippen LogP contribution in [-0.4, -0.2) is 32.4 Å². The van der Waals surface area contributed by atoms with Gasteiger partial charge in [0.15, 0.2) is 0 Å². The number of aryl methyl sites for hydroxylation is 1. The van der Waals surface area contributed by atoms with Gasteiger partial charge in [-0.2, -0.15) is 0 Å². The summed E-state index contributed by atoms with van der Waals surface area (Å²) >= 11 is 0. The van der Waals surface area contributed by atoms with Gasteiger partial charge in [0.25, 0.3) is 11.6 Å². The number of hydrogen-bond acceptors (Lipinski definition) is 4. The normalized spacial score (nSPS) is 17.1. The highest BCUT2D eigenvalue weighted by molar-refractivity contribution is 7.91. The van der Waals surface area contributed by atoms with Crippen LogP contribution in [0.3, 0.4) is 0 Å². The predicted octanol–water partition coefficient (Wildman–Crippen LogP) is 3.97. The third kappa shape index (κ3) is 4.23. The lowest BCUT2D eigenvalue weighted by Crippen LogP contribution is -2.36. The zero-order valence-electron chi connectivity index (χ0n) is 15.0. The van der Waals surface area contributed by atoms with Crippen molar-refractivity contribution in [3.05, 3.63) is 69.8 Å². The van der Waals surface area contributed by atoms with Crippen molar-refractivity contribution in [3.8, 4) is 0 Å². The monoisotopic (exact) mass is 387 g/mol. The molecule has 0 bridgehead atoms. The fourth-order valence-corrected chi connectivity index (χ4v) is 5.07. The summed E-state index contributed by atoms with van der Waals surface area (Å²) in [4.78, 5) is 23.4. The van der Waals surface area contributed by atoms with Gasteiger partial charge in [-0.15, -0.1) is 4.36 Å². The molecule has 0 aromatic heterocycles. The van der Waals surface area contributed by atoms with Crippen molar-refractivity contribution in [3.63, 3.8) is 0 Å². The fraction of sp³-hybridized carbons (Fsp3) is 0.316. The lowest BCUT2D eigenvalue weighted by atomic mass is 10.2. The SMILES string of the molecule is Cc1ccc(S(=O)(=NC(=O)c2ccc([N+](=O)[O-])cc2)N2CCCCC2)cc1. The van der Waals surface area contributed by atoms with Gasteiger partial charge in [0.1, 0.15) is 9.92 Å². The Labute approximate surface area is 158 Å². The number of nitrogens with zero attached hydrogens (tertiary/aromatic N) is 3. The Balaban J connectivity index is 2.03. The van der Waals surface area contributed by atoms with E-state index in [1.54, 1.807) is 16.4 Å². The maximum Gasteiger partial charge on any atom is 0.286 e. The van der Waals surface area contributed by atoms with Gasteiger partial charge in [-0.3, -0.25) is 14.9 Å². The van der Waals surface area contributed by atoms with Crippen molar-refractivity contribution in [2.45, 2.75) is 31.1 Å². The maximum absolute atomic E-state index is 13.8. The summed E-state index contributed by atoms with van der Waals surface area (Å²) < 4.78 is 19.7. The van der Waals surface area contributed by atoms with E-state index in [1.165, 1.54) is 24.3 Å². The molecule has 0 saturated carbocycles. The highest BCUT2D eigenvalue weighted by Crippen LogP contribution is 2.24. The summed E-state index contributed by atoms with van der Waals surface area (Å²) in [6.07, 6.45) is 2.88. The van der Waals surface area contributed by atoms with E-state index in [2.05, 4.69) is 4.36 Å². The lowest BCUT2D eigenvalue weighted by Gasteiger charge is -2.29. The Kier molecular flexibility index (Phi) is 5.67. The van der Waals surface area contributed by atoms with Crippen molar-refractivity contribution in [2.75, 3.05) is 13.1 Å². The first-order valence-electron chi connectivity index (χ1n) is 8.78. The number of hydrogen-bond donors (Lipinski definition) is 0. The van der Waals surface area contributed by atoms with Gasteiger partial charge in [0, 0.05) is 30.8 Å². The summed E-state index contributed by atoms with van der Waals surface area (Å²) in [7, 11) is -3.09. The second-order valence-electron chi connectivity index (χ2n) is 6.50. The van der Waals surface area contributed by atoms with Crippen LogP contribution in [0, 0.1) is 17.0 Å². The largest absolute Gasteiger partial charge is 0.286 e. The summed E-state index contributed by atoms with van der Waals surface area (Å²) in [5.74, 6) is -0.638. The molecule has 8 heteroatoms. The number of nitro benzene ring substituents is 1. The summed E-state index contributed by atoms with van der Waals surface area (Å²) in [5.41, 5.74) is 1.10. The highest BCUT2D eigenvalue weighted by atomic mass is 32.2. The Morgan fingerprint density at radius 3 is 2.19 bits per heavy atom. The quantitative estimate of drug-likeness (QED) is 0.586. The molecule has 0 spiro atoms. The first-order valence-corrected chi connectivity index (χ1v) is 10.2. The third-order valence-electron chi connectivity index (χ3n) is 4.52. The number of carbonyl (C=O) groups is 1. The second-order valence-corrected chi connectivity index (χ2v) is 8.66. The Morgan fingerprint density at radius 1 is 1.04 bits per heavy atom. The van der Waals surface area contributed by atoms with E-state index in [0.717, 1.165) is 24.8 Å². The van der Waals surface area contributed by atoms with E-state index in [9.17, 15) is 19.1 Å². The Morgan fingerprint density at radius 2 is 1.63 bits per heavy atom. The van der Waals surface area contributed by atoms with Crippen LogP contribution in [0.1, 0.15) is 35.2 Å². The van der Waals surface area contributed by atoms with Crippen LogP contribution in [0.2, 0.25) is 0 Å². The molecule has 1 unspecified atom stereocenters. The molecule has 1 heterocycles. The number of benzene rings is 2. The molecule has 1 amide bonds. The van der Waals surface area contributed by atoms with Crippen LogP contribution in [-0.2, 0) is 9.92 Å². The Bertz CT molecular complexity index is 955. The van der Waals surface area contributed by atoms with Crippen molar-refractivity contribution >= 4 is 21.5 Å². The third-order valence-corrected chi connectivity index (χ3v) is 6.89. The van der Waals surface area contributed by atoms with Gasteiger partial charge in [0.2, 0.25) is 0 Å². The minimum absolute atomic E-state index is 0.109. The molecule has 0 aliphatic carbocycles. The maximum atomic E-state index is 13.8. The molecule has 7 nitrogen and oxygen atoms in total. The van der Waals surface area contributed by atoms with Gasteiger partial charge in [0.05, 0.1) is 9.82 Å². The summed E-state index contributed by atoms with van der Waals surface area (Å²) in [6.45, 7) is 3.17. The van der Waals surface area contributed by atoms with E-state index in [4.69, 9.17) is 0 Å². The average molecular weight is 387 g/mol. The van der Waals surface area contributed by atoms with Gasteiger partial charge >= 0.3 is 0 Å².